The van der Waals surface area contributed by atoms with E-state index in [4.69, 9.17) is 0 Å². The smallest absolute Gasteiger partial charge is 0.251 e. The number of pyridine rings is 1. The van der Waals surface area contributed by atoms with Gasteiger partial charge in [0.15, 0.2) is 5.78 Å². The van der Waals surface area contributed by atoms with Crippen molar-refractivity contribution >= 4 is 23.3 Å². The highest BCUT2D eigenvalue weighted by Crippen LogP contribution is 2.28. The van der Waals surface area contributed by atoms with E-state index in [9.17, 15) is 14.4 Å². The number of likely N-dealkylation sites (N-methyl/N-ethyl adjacent to an activating group) is 1. The van der Waals surface area contributed by atoms with Crippen LogP contribution in [0.15, 0.2) is 42.7 Å². The van der Waals surface area contributed by atoms with E-state index in [-0.39, 0.29) is 30.6 Å². The molecule has 0 aliphatic carbocycles. The molecule has 1 aromatic heterocycles. The number of fused-ring (bicyclic) bond motifs is 1. The topological polar surface area (TPSA) is 79.4 Å². The Morgan fingerprint density at radius 3 is 2.67 bits per heavy atom. The van der Waals surface area contributed by atoms with Crippen LogP contribution in [0, 0.1) is 0 Å². The molecule has 0 fully saturated rings. The van der Waals surface area contributed by atoms with Crippen molar-refractivity contribution in [3.8, 4) is 0 Å². The Bertz CT molecular complexity index is 802. The summed E-state index contributed by atoms with van der Waals surface area (Å²) < 4.78 is 0. The molecule has 0 bridgehead atoms. The van der Waals surface area contributed by atoms with Crippen LogP contribution < -0.4 is 10.2 Å². The molecule has 24 heavy (non-hydrogen) atoms. The van der Waals surface area contributed by atoms with Gasteiger partial charge < -0.3 is 10.2 Å². The van der Waals surface area contributed by atoms with Crippen molar-refractivity contribution in [3.05, 3.63) is 59.4 Å². The highest BCUT2D eigenvalue weighted by atomic mass is 16.2. The molecule has 1 aliphatic heterocycles. The van der Waals surface area contributed by atoms with Gasteiger partial charge in [0.05, 0.1) is 6.42 Å². The van der Waals surface area contributed by atoms with Gasteiger partial charge in [-0.1, -0.05) is 0 Å². The summed E-state index contributed by atoms with van der Waals surface area (Å²) in [7, 11) is 1.73. The van der Waals surface area contributed by atoms with E-state index in [0.717, 1.165) is 11.3 Å². The Balaban J connectivity index is 1.57. The van der Waals surface area contributed by atoms with Gasteiger partial charge in [-0.05, 0) is 35.9 Å². The third-order valence-corrected chi connectivity index (χ3v) is 4.06. The minimum absolute atomic E-state index is 0.0270. The molecule has 1 N–H and O–H groups in total. The number of rotatable bonds is 5. The van der Waals surface area contributed by atoms with Gasteiger partial charge in [0, 0.05) is 49.2 Å². The minimum atomic E-state index is -0.230. The molecule has 1 aliphatic rings. The lowest BCUT2D eigenvalue weighted by atomic mass is 10.0. The number of hydrogen-bond donors (Lipinski definition) is 1. The molecule has 0 spiro atoms. The molecule has 6 heteroatoms. The maximum absolute atomic E-state index is 12.3. The number of Topliss-reactive ketones (excluding diaryl/α,β-unsaturated/α-hetero) is 1. The van der Waals surface area contributed by atoms with E-state index < -0.39 is 0 Å². The second-order valence-electron chi connectivity index (χ2n) is 5.64. The number of benzene rings is 1. The number of amides is 2. The average molecular weight is 323 g/mol. The fourth-order valence-corrected chi connectivity index (χ4v) is 2.68. The number of nitrogens with one attached hydrogen (secondary N) is 1. The van der Waals surface area contributed by atoms with Crippen LogP contribution in [-0.4, -0.2) is 36.2 Å². The predicted molar refractivity (Wildman–Crippen MR) is 89.1 cm³/mol. The van der Waals surface area contributed by atoms with Gasteiger partial charge in [-0.3, -0.25) is 19.4 Å². The van der Waals surface area contributed by atoms with Gasteiger partial charge in [-0.15, -0.1) is 0 Å². The third kappa shape index (κ3) is 3.17. The molecular formula is C18H17N3O3. The Morgan fingerprint density at radius 1 is 1.17 bits per heavy atom. The van der Waals surface area contributed by atoms with Crippen molar-refractivity contribution < 1.29 is 14.4 Å². The Kier molecular flexibility index (Phi) is 4.37. The van der Waals surface area contributed by atoms with Gasteiger partial charge in [0.1, 0.15) is 0 Å². The summed E-state index contributed by atoms with van der Waals surface area (Å²) >= 11 is 0. The maximum Gasteiger partial charge on any atom is 0.251 e. The molecule has 0 saturated carbocycles. The van der Waals surface area contributed by atoms with Crippen molar-refractivity contribution in [2.45, 2.75) is 12.8 Å². The van der Waals surface area contributed by atoms with E-state index in [1.807, 2.05) is 0 Å². The largest absolute Gasteiger partial charge is 0.352 e. The zero-order valence-corrected chi connectivity index (χ0v) is 13.3. The first kappa shape index (κ1) is 15.9. The van der Waals surface area contributed by atoms with Gasteiger partial charge in [0.25, 0.3) is 5.91 Å². The van der Waals surface area contributed by atoms with Crippen molar-refractivity contribution in [1.29, 1.82) is 0 Å². The third-order valence-electron chi connectivity index (χ3n) is 4.06. The molecule has 6 nitrogen and oxygen atoms in total. The maximum atomic E-state index is 12.3. The second kappa shape index (κ2) is 6.62. The van der Waals surface area contributed by atoms with Crippen LogP contribution in [0.1, 0.15) is 32.7 Å². The van der Waals surface area contributed by atoms with Crippen molar-refractivity contribution in [1.82, 2.24) is 10.3 Å². The molecule has 2 amide bonds. The zero-order chi connectivity index (χ0) is 17.1. The van der Waals surface area contributed by atoms with E-state index in [1.54, 1.807) is 54.7 Å². The molecule has 122 valence electrons. The van der Waals surface area contributed by atoms with E-state index in [1.165, 1.54) is 0 Å². The van der Waals surface area contributed by atoms with Crippen LogP contribution in [-0.2, 0) is 11.2 Å². The normalized spacial score (nSPS) is 12.9. The number of carbonyl (C=O) groups is 3. The van der Waals surface area contributed by atoms with E-state index >= 15 is 0 Å². The molecule has 0 unspecified atom stereocenters. The Hall–Kier alpha value is -3.02. The van der Waals surface area contributed by atoms with Crippen molar-refractivity contribution in [3.63, 3.8) is 0 Å². The molecule has 3 rings (SSSR count). The lowest BCUT2D eigenvalue weighted by molar-refractivity contribution is -0.117. The molecule has 2 aromatic rings. The summed E-state index contributed by atoms with van der Waals surface area (Å²) in [5.74, 6) is -0.264. The fraction of sp³-hybridized carbons (Fsp3) is 0.222. The van der Waals surface area contributed by atoms with Crippen LogP contribution in [0.5, 0.6) is 0 Å². The molecular weight excluding hydrogens is 306 g/mol. The quantitative estimate of drug-likeness (QED) is 0.848. The predicted octanol–water partition coefficient (Wildman–Crippen LogP) is 1.60. The lowest BCUT2D eigenvalue weighted by Crippen LogP contribution is -2.26. The van der Waals surface area contributed by atoms with Gasteiger partial charge in [-0.2, -0.15) is 0 Å². The van der Waals surface area contributed by atoms with Gasteiger partial charge in [0.2, 0.25) is 5.91 Å². The van der Waals surface area contributed by atoms with Crippen molar-refractivity contribution in [2.75, 3.05) is 18.5 Å². The van der Waals surface area contributed by atoms with Gasteiger partial charge >= 0.3 is 0 Å². The van der Waals surface area contributed by atoms with E-state index in [2.05, 4.69) is 10.3 Å². The summed E-state index contributed by atoms with van der Waals surface area (Å²) in [4.78, 5) is 41.3. The highest BCUT2D eigenvalue weighted by molar-refractivity contribution is 6.03. The molecule has 1 aromatic carbocycles. The number of aromatic nitrogens is 1. The first-order valence-electron chi connectivity index (χ1n) is 7.67. The average Bonchev–Trinajstić information content (AvgIpc) is 2.89. The standard InChI is InChI=1S/C18H17N3O3/c1-21-15-3-2-13(10-14(15)11-17(21)23)16(22)6-9-20-18(24)12-4-7-19-8-5-12/h2-5,7-8,10H,6,9,11H2,1H3,(H,20,24). The Labute approximate surface area is 139 Å². The number of anilines is 1. The minimum Gasteiger partial charge on any atom is -0.352 e. The number of nitrogens with zero attached hydrogens (tertiary/aromatic N) is 2. The molecule has 2 heterocycles. The van der Waals surface area contributed by atoms with Crippen molar-refractivity contribution in [2.24, 2.45) is 0 Å². The van der Waals surface area contributed by atoms with Crippen LogP contribution in [0.25, 0.3) is 0 Å². The SMILES string of the molecule is CN1C(=O)Cc2cc(C(=O)CCNC(=O)c3ccncc3)ccc21. The number of ketones is 1. The Morgan fingerprint density at radius 2 is 1.92 bits per heavy atom. The van der Waals surface area contributed by atoms with Crippen LogP contribution >= 0.6 is 0 Å². The first-order chi connectivity index (χ1) is 11.6. The highest BCUT2D eigenvalue weighted by Gasteiger charge is 2.24. The molecule has 0 atom stereocenters. The summed E-state index contributed by atoms with van der Waals surface area (Å²) in [6, 6.07) is 8.52. The fourth-order valence-electron chi connectivity index (χ4n) is 2.68. The van der Waals surface area contributed by atoms with Crippen LogP contribution in [0.3, 0.4) is 0 Å². The van der Waals surface area contributed by atoms with Crippen LogP contribution in [0.2, 0.25) is 0 Å². The zero-order valence-electron chi connectivity index (χ0n) is 13.3. The summed E-state index contributed by atoms with van der Waals surface area (Å²) in [5.41, 5.74) is 2.79. The molecule has 0 saturated heterocycles. The molecule has 0 radical (unpaired) electrons. The monoisotopic (exact) mass is 323 g/mol. The summed E-state index contributed by atoms with van der Waals surface area (Å²) in [5, 5.41) is 2.72. The van der Waals surface area contributed by atoms with Crippen LogP contribution in [0.4, 0.5) is 5.69 Å². The van der Waals surface area contributed by atoms with Gasteiger partial charge in [-0.25, -0.2) is 0 Å². The number of hydrogen-bond acceptors (Lipinski definition) is 4. The first-order valence-corrected chi connectivity index (χ1v) is 7.67. The summed E-state index contributed by atoms with van der Waals surface area (Å²) in [6.07, 6.45) is 3.62. The lowest BCUT2D eigenvalue weighted by Gasteiger charge is -2.10. The summed E-state index contributed by atoms with van der Waals surface area (Å²) in [6.45, 7) is 0.260. The number of carbonyl (C=O) groups excluding carboxylic acids is 3. The van der Waals surface area contributed by atoms with E-state index in [0.29, 0.717) is 17.5 Å². The second-order valence-corrected chi connectivity index (χ2v) is 5.64.